The summed E-state index contributed by atoms with van der Waals surface area (Å²) in [5.41, 5.74) is -0.310. The fourth-order valence-electron chi connectivity index (χ4n) is 4.58. The number of aliphatic hydroxyl groups is 1. The molecule has 0 radical (unpaired) electrons. The molecule has 1 N–H and O–H groups in total. The lowest BCUT2D eigenvalue weighted by Gasteiger charge is -2.37. The van der Waals surface area contributed by atoms with Crippen molar-refractivity contribution in [3.05, 3.63) is 18.3 Å². The molecule has 27 heavy (non-hydrogen) atoms. The number of anilines is 1. The van der Waals surface area contributed by atoms with Crippen LogP contribution in [0.2, 0.25) is 0 Å². The zero-order valence-electron chi connectivity index (χ0n) is 16.0. The van der Waals surface area contributed by atoms with Gasteiger partial charge in [-0.3, -0.25) is 9.69 Å². The number of cyclic esters (lactones) is 1. The summed E-state index contributed by atoms with van der Waals surface area (Å²) >= 11 is 1.69. The van der Waals surface area contributed by atoms with E-state index in [2.05, 4.69) is 33.2 Å². The van der Waals surface area contributed by atoms with Crippen molar-refractivity contribution in [2.45, 2.75) is 49.2 Å². The molecule has 0 bridgehead atoms. The minimum absolute atomic E-state index is 0.00159. The fraction of sp³-hybridized carbons (Fsp3) is 0.700. The summed E-state index contributed by atoms with van der Waals surface area (Å²) in [7, 11) is 0. The Hall–Kier alpha value is -1.31. The van der Waals surface area contributed by atoms with E-state index in [-0.39, 0.29) is 23.6 Å². The van der Waals surface area contributed by atoms with Crippen LogP contribution in [-0.4, -0.2) is 72.1 Å². The van der Waals surface area contributed by atoms with Gasteiger partial charge in [-0.25, -0.2) is 4.98 Å². The molecule has 3 saturated heterocycles. The van der Waals surface area contributed by atoms with Crippen LogP contribution in [0.1, 0.15) is 32.1 Å². The monoisotopic (exact) mass is 391 g/mol. The molecule has 0 aromatic carbocycles. The second-order valence-corrected chi connectivity index (χ2v) is 8.97. The van der Waals surface area contributed by atoms with Gasteiger partial charge in [-0.15, -0.1) is 11.8 Å². The first-order chi connectivity index (χ1) is 13.1. The number of likely N-dealkylation sites (tertiary alicyclic amines) is 1. The molecule has 0 aliphatic carbocycles. The molecule has 0 saturated carbocycles. The third-order valence-corrected chi connectivity index (χ3v) is 7.06. The van der Waals surface area contributed by atoms with Crippen molar-refractivity contribution < 1.29 is 14.6 Å². The summed E-state index contributed by atoms with van der Waals surface area (Å²) < 4.78 is 5.78. The largest absolute Gasteiger partial charge is 0.461 e. The molecule has 0 amide bonds. The first-order valence-electron chi connectivity index (χ1n) is 9.94. The van der Waals surface area contributed by atoms with Crippen LogP contribution in [0.5, 0.6) is 0 Å². The van der Waals surface area contributed by atoms with E-state index in [0.717, 1.165) is 70.6 Å². The summed E-state index contributed by atoms with van der Waals surface area (Å²) in [6, 6.07) is 4.18. The Balaban J connectivity index is 1.32. The Morgan fingerprint density at radius 3 is 2.63 bits per heavy atom. The third kappa shape index (κ3) is 4.10. The number of ether oxygens (including phenoxy) is 1. The average molecular weight is 392 g/mol. The van der Waals surface area contributed by atoms with Crippen LogP contribution < -0.4 is 4.90 Å². The van der Waals surface area contributed by atoms with Gasteiger partial charge in [-0.2, -0.15) is 0 Å². The van der Waals surface area contributed by atoms with Crippen molar-refractivity contribution in [2.24, 2.45) is 5.41 Å². The van der Waals surface area contributed by atoms with Gasteiger partial charge in [0.1, 0.15) is 11.9 Å². The molecule has 3 fully saturated rings. The molecule has 1 atom stereocenters. The normalized spacial score (nSPS) is 26.5. The quantitative estimate of drug-likeness (QED) is 0.623. The molecule has 1 unspecified atom stereocenters. The molecule has 1 spiro atoms. The summed E-state index contributed by atoms with van der Waals surface area (Å²) in [5.74, 6) is 0.993. The lowest BCUT2D eigenvalue weighted by molar-refractivity contribution is -0.150. The fourth-order valence-corrected chi connectivity index (χ4v) is 4.94. The molecule has 1 aromatic rings. The highest BCUT2D eigenvalue weighted by Gasteiger charge is 2.50. The summed E-state index contributed by atoms with van der Waals surface area (Å²) in [6.07, 6.45) is 7.96. The van der Waals surface area contributed by atoms with E-state index in [1.54, 1.807) is 11.8 Å². The number of esters is 1. The van der Waals surface area contributed by atoms with Gasteiger partial charge in [0.2, 0.25) is 0 Å². The molecule has 4 heterocycles. The first-order valence-corrected chi connectivity index (χ1v) is 11.2. The highest BCUT2D eigenvalue weighted by atomic mass is 32.2. The van der Waals surface area contributed by atoms with E-state index >= 15 is 0 Å². The average Bonchev–Trinajstić information content (AvgIpc) is 2.99. The molecular formula is C20H29N3O3S. The molecule has 148 valence electrons. The number of pyridine rings is 1. The predicted octanol–water partition coefficient (Wildman–Crippen LogP) is 2.16. The number of hydrogen-bond acceptors (Lipinski definition) is 7. The maximum atomic E-state index is 12.7. The minimum Gasteiger partial charge on any atom is -0.461 e. The zero-order valence-corrected chi connectivity index (χ0v) is 16.8. The first kappa shape index (κ1) is 19.0. The highest BCUT2D eigenvalue weighted by molar-refractivity contribution is 7.98. The zero-order chi connectivity index (χ0) is 18.9. The number of aliphatic hydroxyl groups excluding tert-OH is 1. The lowest BCUT2D eigenvalue weighted by atomic mass is 9.76. The standard InChI is InChI=1S/C20H29N3O3S/c1-27-17-2-3-18(21-13-17)23-10-6-20(7-11-23)12-16(26-19(20)25)14-22-8-4-15(24)5-9-22/h2-3,13,15-16,24H,4-12,14H2,1H3. The Bertz CT molecular complexity index is 653. The Morgan fingerprint density at radius 2 is 2.00 bits per heavy atom. The van der Waals surface area contributed by atoms with Crippen LogP contribution in [0.15, 0.2) is 23.2 Å². The number of carbonyl (C=O) groups excluding carboxylic acids is 1. The molecule has 6 nitrogen and oxygen atoms in total. The van der Waals surface area contributed by atoms with Crippen molar-refractivity contribution >= 4 is 23.5 Å². The molecule has 3 aliphatic rings. The van der Waals surface area contributed by atoms with Crippen LogP contribution in [0.3, 0.4) is 0 Å². The molecule has 7 heteroatoms. The molecule has 1 aromatic heterocycles. The number of aromatic nitrogens is 1. The minimum atomic E-state index is -0.310. The van der Waals surface area contributed by atoms with Crippen LogP contribution >= 0.6 is 11.8 Å². The van der Waals surface area contributed by atoms with Gasteiger partial charge in [-0.1, -0.05) is 0 Å². The molecular weight excluding hydrogens is 362 g/mol. The van der Waals surface area contributed by atoms with Gasteiger partial charge in [-0.05, 0) is 44.1 Å². The second-order valence-electron chi connectivity index (χ2n) is 8.09. The van der Waals surface area contributed by atoms with E-state index in [0.29, 0.717) is 0 Å². The van der Waals surface area contributed by atoms with E-state index in [1.807, 2.05) is 6.20 Å². The van der Waals surface area contributed by atoms with Gasteiger partial charge in [0.15, 0.2) is 0 Å². The number of piperidine rings is 2. The summed E-state index contributed by atoms with van der Waals surface area (Å²) in [5, 5.41) is 9.65. The SMILES string of the molecule is CSc1ccc(N2CCC3(CC2)CC(CN2CCC(O)CC2)OC3=O)nc1. The maximum Gasteiger partial charge on any atom is 0.312 e. The Morgan fingerprint density at radius 1 is 1.26 bits per heavy atom. The summed E-state index contributed by atoms with van der Waals surface area (Å²) in [4.78, 5) is 23.0. The van der Waals surface area contributed by atoms with Crippen molar-refractivity contribution in [1.82, 2.24) is 9.88 Å². The molecule has 4 rings (SSSR count). The van der Waals surface area contributed by atoms with Gasteiger partial charge < -0.3 is 14.7 Å². The van der Waals surface area contributed by atoms with E-state index in [4.69, 9.17) is 4.74 Å². The van der Waals surface area contributed by atoms with Crippen LogP contribution in [0.25, 0.3) is 0 Å². The van der Waals surface area contributed by atoms with E-state index in [1.165, 1.54) is 4.90 Å². The highest BCUT2D eigenvalue weighted by Crippen LogP contribution is 2.44. The predicted molar refractivity (Wildman–Crippen MR) is 106 cm³/mol. The van der Waals surface area contributed by atoms with Crippen molar-refractivity contribution in [2.75, 3.05) is 43.9 Å². The number of thioether (sulfide) groups is 1. The number of nitrogens with zero attached hydrogens (tertiary/aromatic N) is 3. The van der Waals surface area contributed by atoms with Crippen LogP contribution in [0.4, 0.5) is 5.82 Å². The number of hydrogen-bond donors (Lipinski definition) is 1. The third-order valence-electron chi connectivity index (χ3n) is 6.35. The van der Waals surface area contributed by atoms with E-state index < -0.39 is 0 Å². The molecule has 3 aliphatic heterocycles. The van der Waals surface area contributed by atoms with Gasteiger partial charge >= 0.3 is 5.97 Å². The smallest absolute Gasteiger partial charge is 0.312 e. The Kier molecular flexibility index (Phi) is 5.62. The second kappa shape index (κ2) is 7.97. The van der Waals surface area contributed by atoms with Crippen LogP contribution in [0, 0.1) is 5.41 Å². The number of carbonyl (C=O) groups is 1. The summed E-state index contributed by atoms with van der Waals surface area (Å²) in [6.45, 7) is 4.30. The van der Waals surface area contributed by atoms with Crippen molar-refractivity contribution in [1.29, 1.82) is 0 Å². The van der Waals surface area contributed by atoms with Gasteiger partial charge in [0, 0.05) is 50.2 Å². The van der Waals surface area contributed by atoms with Gasteiger partial charge in [0.05, 0.1) is 11.5 Å². The number of rotatable bonds is 4. The Labute approximate surface area is 165 Å². The topological polar surface area (TPSA) is 65.9 Å². The van der Waals surface area contributed by atoms with Crippen molar-refractivity contribution in [3.63, 3.8) is 0 Å². The maximum absolute atomic E-state index is 12.7. The van der Waals surface area contributed by atoms with Gasteiger partial charge in [0.25, 0.3) is 0 Å². The lowest BCUT2D eigenvalue weighted by Crippen LogP contribution is -2.43. The van der Waals surface area contributed by atoms with E-state index in [9.17, 15) is 9.90 Å². The van der Waals surface area contributed by atoms with Crippen LogP contribution in [-0.2, 0) is 9.53 Å². The van der Waals surface area contributed by atoms with Crippen molar-refractivity contribution in [3.8, 4) is 0 Å².